The molecule has 1 aliphatic heterocycles. The molecule has 0 bridgehead atoms. The van der Waals surface area contributed by atoms with Crippen LogP contribution < -0.4 is 0 Å². The molecule has 0 aromatic carbocycles. The Morgan fingerprint density at radius 2 is 1.91 bits per heavy atom. The number of nitrogens with zero attached hydrogens (tertiary/aromatic N) is 2. The zero-order valence-electron chi connectivity index (χ0n) is 13.0. The van der Waals surface area contributed by atoms with Gasteiger partial charge in [-0.05, 0) is 44.2 Å². The van der Waals surface area contributed by atoms with Crippen LogP contribution in [0.5, 0.6) is 0 Å². The second kappa shape index (κ2) is 6.15. The van der Waals surface area contributed by atoms with E-state index < -0.39 is 12.0 Å². The molecule has 5 nitrogen and oxygen atoms in total. The fourth-order valence-electron chi connectivity index (χ4n) is 4.14. The summed E-state index contributed by atoms with van der Waals surface area (Å²) < 4.78 is 2.00. The quantitative estimate of drug-likeness (QED) is 0.930. The Labute approximate surface area is 130 Å². The highest BCUT2D eigenvalue weighted by Gasteiger charge is 2.47. The monoisotopic (exact) mass is 304 g/mol. The fraction of sp³-hybridized carbons (Fsp3) is 0.647. The first-order chi connectivity index (χ1) is 10.6. The summed E-state index contributed by atoms with van der Waals surface area (Å²) in [5.41, 5.74) is 0. The normalized spacial score (nSPS) is 29.1. The van der Waals surface area contributed by atoms with E-state index in [0.29, 0.717) is 18.8 Å². The zero-order chi connectivity index (χ0) is 15.7. The second-order valence-corrected chi connectivity index (χ2v) is 6.69. The van der Waals surface area contributed by atoms with Crippen LogP contribution in [0.3, 0.4) is 0 Å². The lowest BCUT2D eigenvalue weighted by Gasteiger charge is -2.33. The maximum absolute atomic E-state index is 12.8. The van der Waals surface area contributed by atoms with Gasteiger partial charge in [0.1, 0.15) is 6.04 Å². The minimum Gasteiger partial charge on any atom is -0.480 e. The van der Waals surface area contributed by atoms with Gasteiger partial charge in [0.2, 0.25) is 5.91 Å². The van der Waals surface area contributed by atoms with Gasteiger partial charge in [-0.1, -0.05) is 12.8 Å². The number of aliphatic carboxylic acids is 1. The third kappa shape index (κ3) is 2.76. The van der Waals surface area contributed by atoms with Crippen molar-refractivity contribution in [2.45, 2.75) is 63.6 Å². The van der Waals surface area contributed by atoms with Crippen molar-refractivity contribution in [3.63, 3.8) is 0 Å². The third-order valence-electron chi connectivity index (χ3n) is 5.27. The molecular weight excluding hydrogens is 280 g/mol. The lowest BCUT2D eigenvalue weighted by atomic mass is 9.84. The summed E-state index contributed by atoms with van der Waals surface area (Å²) in [5.74, 6) is -0.486. The number of likely N-dealkylation sites (tertiary alicyclic amines) is 1. The van der Waals surface area contributed by atoms with Gasteiger partial charge < -0.3 is 14.6 Å². The molecule has 2 aliphatic rings. The van der Waals surface area contributed by atoms with Gasteiger partial charge in [0.05, 0.1) is 0 Å². The number of carboxylic acid groups (broad SMARTS) is 1. The van der Waals surface area contributed by atoms with Crippen LogP contribution in [-0.2, 0) is 9.59 Å². The summed E-state index contributed by atoms with van der Waals surface area (Å²) in [4.78, 5) is 26.0. The highest BCUT2D eigenvalue weighted by atomic mass is 16.4. The Hall–Kier alpha value is -1.78. The Morgan fingerprint density at radius 1 is 1.23 bits per heavy atom. The molecule has 2 fully saturated rings. The van der Waals surface area contributed by atoms with Crippen LogP contribution in [0.4, 0.5) is 0 Å². The molecule has 120 valence electrons. The molecule has 1 aliphatic carbocycles. The van der Waals surface area contributed by atoms with Crippen LogP contribution in [0.25, 0.3) is 0 Å². The Morgan fingerprint density at radius 3 is 2.59 bits per heavy atom. The molecular formula is C17H24N2O3. The van der Waals surface area contributed by atoms with Crippen molar-refractivity contribution in [2.75, 3.05) is 0 Å². The number of carboxylic acids is 1. The number of carbonyl (C=O) groups is 2. The number of aromatic nitrogens is 1. The standard InChI is InChI=1S/C17H24N2O3/c1-12(18-8-4-5-9-18)10-16(20)19-14-7-3-2-6-13(14)11-15(19)17(21)22/h4-5,8-9,12-15H,2-3,6-7,10-11H2,1H3,(H,21,22). The van der Waals surface area contributed by atoms with Crippen LogP contribution >= 0.6 is 0 Å². The predicted molar refractivity (Wildman–Crippen MR) is 82.4 cm³/mol. The van der Waals surface area contributed by atoms with E-state index in [0.717, 1.165) is 25.7 Å². The van der Waals surface area contributed by atoms with Crippen LogP contribution in [0.1, 0.15) is 51.5 Å². The van der Waals surface area contributed by atoms with Gasteiger partial charge in [0, 0.05) is 30.9 Å². The first kappa shape index (κ1) is 15.1. The minimum atomic E-state index is -0.851. The van der Waals surface area contributed by atoms with Gasteiger partial charge in [-0.3, -0.25) is 4.79 Å². The second-order valence-electron chi connectivity index (χ2n) is 6.69. The van der Waals surface area contributed by atoms with Crippen molar-refractivity contribution in [2.24, 2.45) is 5.92 Å². The largest absolute Gasteiger partial charge is 0.480 e. The highest BCUT2D eigenvalue weighted by Crippen LogP contribution is 2.40. The average Bonchev–Trinajstić information content (AvgIpc) is 3.14. The Balaban J connectivity index is 1.74. The summed E-state index contributed by atoms with van der Waals surface area (Å²) in [5, 5.41) is 9.50. The Kier molecular flexibility index (Phi) is 4.23. The van der Waals surface area contributed by atoms with Gasteiger partial charge in [0.25, 0.3) is 0 Å². The summed E-state index contributed by atoms with van der Waals surface area (Å²) in [6.07, 6.45) is 9.16. The van der Waals surface area contributed by atoms with Gasteiger partial charge in [-0.2, -0.15) is 0 Å². The fourth-order valence-corrected chi connectivity index (χ4v) is 4.14. The first-order valence-electron chi connectivity index (χ1n) is 8.24. The summed E-state index contributed by atoms with van der Waals surface area (Å²) in [7, 11) is 0. The number of hydrogen-bond acceptors (Lipinski definition) is 2. The summed E-state index contributed by atoms with van der Waals surface area (Å²) >= 11 is 0. The minimum absolute atomic E-state index is 0.0111. The number of hydrogen-bond donors (Lipinski definition) is 1. The number of carbonyl (C=O) groups excluding carboxylic acids is 1. The Bertz CT molecular complexity index is 540. The molecule has 4 unspecified atom stereocenters. The molecule has 1 aromatic heterocycles. The number of amides is 1. The van der Waals surface area contributed by atoms with E-state index in [1.165, 1.54) is 0 Å². The van der Waals surface area contributed by atoms with E-state index in [1.54, 1.807) is 4.90 Å². The van der Waals surface area contributed by atoms with E-state index in [4.69, 9.17) is 0 Å². The van der Waals surface area contributed by atoms with Gasteiger partial charge in [-0.15, -0.1) is 0 Å². The maximum atomic E-state index is 12.8. The molecule has 1 saturated heterocycles. The van der Waals surface area contributed by atoms with Crippen LogP contribution in [0.15, 0.2) is 24.5 Å². The molecule has 0 radical (unpaired) electrons. The average molecular weight is 304 g/mol. The topological polar surface area (TPSA) is 62.5 Å². The highest BCUT2D eigenvalue weighted by molar-refractivity contribution is 5.85. The van der Waals surface area contributed by atoms with E-state index >= 15 is 0 Å². The molecule has 22 heavy (non-hydrogen) atoms. The van der Waals surface area contributed by atoms with E-state index in [9.17, 15) is 14.7 Å². The summed E-state index contributed by atoms with van der Waals surface area (Å²) in [6.45, 7) is 2.00. The third-order valence-corrected chi connectivity index (χ3v) is 5.27. The van der Waals surface area contributed by atoms with Gasteiger partial charge in [-0.25, -0.2) is 4.79 Å². The molecule has 1 amide bonds. The zero-order valence-corrected chi connectivity index (χ0v) is 13.0. The SMILES string of the molecule is CC(CC(=O)N1C(C(=O)O)CC2CCCCC21)n1cccc1. The van der Waals surface area contributed by atoms with E-state index in [-0.39, 0.29) is 18.0 Å². The first-order valence-corrected chi connectivity index (χ1v) is 8.24. The van der Waals surface area contributed by atoms with Crippen molar-refractivity contribution < 1.29 is 14.7 Å². The van der Waals surface area contributed by atoms with Crippen molar-refractivity contribution in [1.29, 1.82) is 0 Å². The number of fused-ring (bicyclic) bond motifs is 1. The maximum Gasteiger partial charge on any atom is 0.326 e. The van der Waals surface area contributed by atoms with Crippen LogP contribution in [-0.4, -0.2) is 38.5 Å². The van der Waals surface area contributed by atoms with Crippen LogP contribution in [0.2, 0.25) is 0 Å². The van der Waals surface area contributed by atoms with Crippen LogP contribution in [0, 0.1) is 5.92 Å². The molecule has 2 heterocycles. The van der Waals surface area contributed by atoms with E-state index in [2.05, 4.69) is 0 Å². The lowest BCUT2D eigenvalue weighted by Crippen LogP contribution is -2.46. The molecule has 0 spiro atoms. The predicted octanol–water partition coefficient (Wildman–Crippen LogP) is 2.68. The molecule has 5 heteroatoms. The number of rotatable bonds is 4. The molecule has 4 atom stereocenters. The van der Waals surface area contributed by atoms with Crippen molar-refractivity contribution in [3.05, 3.63) is 24.5 Å². The van der Waals surface area contributed by atoms with Crippen molar-refractivity contribution >= 4 is 11.9 Å². The smallest absolute Gasteiger partial charge is 0.326 e. The molecule has 3 rings (SSSR count). The van der Waals surface area contributed by atoms with Crippen molar-refractivity contribution in [3.8, 4) is 0 Å². The lowest BCUT2D eigenvalue weighted by molar-refractivity contribution is -0.150. The van der Waals surface area contributed by atoms with Gasteiger partial charge in [0.15, 0.2) is 0 Å². The molecule has 1 aromatic rings. The molecule has 1 saturated carbocycles. The van der Waals surface area contributed by atoms with Gasteiger partial charge >= 0.3 is 5.97 Å². The molecule has 1 N–H and O–H groups in total. The van der Waals surface area contributed by atoms with E-state index in [1.807, 2.05) is 36.0 Å². The van der Waals surface area contributed by atoms with Crippen molar-refractivity contribution in [1.82, 2.24) is 9.47 Å². The summed E-state index contributed by atoms with van der Waals surface area (Å²) in [6, 6.07) is 3.44.